The lowest BCUT2D eigenvalue weighted by Crippen LogP contribution is -2.40. The molecule has 0 spiro atoms. The van der Waals surface area contributed by atoms with Crippen LogP contribution >= 0.6 is 0 Å². The number of aliphatic hydroxyl groups is 1. The number of aliphatic hydroxyl groups excluding tert-OH is 1. The number of likely N-dealkylation sites (tertiary alicyclic amines) is 1. The minimum absolute atomic E-state index is 0.0391. The highest BCUT2D eigenvalue weighted by atomic mass is 16.5. The van der Waals surface area contributed by atoms with Gasteiger partial charge in [0.05, 0.1) is 6.10 Å². The first-order valence-electron chi connectivity index (χ1n) is 9.94. The number of carbonyl (C=O) groups excluding carboxylic acids is 1. The smallest absolute Gasteiger partial charge is 0.266 e. The summed E-state index contributed by atoms with van der Waals surface area (Å²) in [6.45, 7) is 3.01. The van der Waals surface area contributed by atoms with Crippen LogP contribution in [0.25, 0.3) is 22.8 Å². The molecular formula is C21H23N5O4. The van der Waals surface area contributed by atoms with Gasteiger partial charge in [0.2, 0.25) is 11.7 Å². The summed E-state index contributed by atoms with van der Waals surface area (Å²) in [4.78, 5) is 35.8. The van der Waals surface area contributed by atoms with Crippen molar-refractivity contribution in [3.8, 4) is 22.8 Å². The summed E-state index contributed by atoms with van der Waals surface area (Å²) in [7, 11) is 0. The molecule has 2 aromatic heterocycles. The van der Waals surface area contributed by atoms with E-state index in [1.165, 1.54) is 10.8 Å². The van der Waals surface area contributed by atoms with Gasteiger partial charge in [0.15, 0.2) is 0 Å². The van der Waals surface area contributed by atoms with Gasteiger partial charge in [-0.2, -0.15) is 4.98 Å². The summed E-state index contributed by atoms with van der Waals surface area (Å²) >= 11 is 0. The van der Waals surface area contributed by atoms with Crippen molar-refractivity contribution in [2.75, 3.05) is 13.1 Å². The summed E-state index contributed by atoms with van der Waals surface area (Å²) < 4.78 is 6.76. The number of aromatic nitrogens is 4. The molecule has 4 rings (SSSR count). The molecule has 3 heterocycles. The van der Waals surface area contributed by atoms with Crippen LogP contribution in [-0.2, 0) is 11.3 Å². The maximum absolute atomic E-state index is 13.0. The molecule has 1 aliphatic rings. The highest BCUT2D eigenvalue weighted by Gasteiger charge is 2.22. The number of piperidine rings is 1. The Morgan fingerprint density at radius 2 is 1.97 bits per heavy atom. The Hall–Kier alpha value is -3.33. The number of hydrogen-bond donors (Lipinski definition) is 1. The van der Waals surface area contributed by atoms with Gasteiger partial charge < -0.3 is 14.5 Å². The summed E-state index contributed by atoms with van der Waals surface area (Å²) in [6, 6.07) is 9.33. The SMILES string of the molecule is Cc1ncc(-c2nc(-c3ccccc3)no2)c(=O)n1CCC(=O)N1CCC(O)CC1. The maximum Gasteiger partial charge on any atom is 0.266 e. The predicted octanol–water partition coefficient (Wildman–Crippen LogP) is 1.64. The molecule has 1 saturated heterocycles. The number of carbonyl (C=O) groups is 1. The molecule has 0 atom stereocenters. The topological polar surface area (TPSA) is 114 Å². The summed E-state index contributed by atoms with van der Waals surface area (Å²) in [6.07, 6.45) is 2.44. The zero-order chi connectivity index (χ0) is 21.1. The van der Waals surface area contributed by atoms with Crippen LogP contribution in [0.1, 0.15) is 25.1 Å². The van der Waals surface area contributed by atoms with Crippen molar-refractivity contribution in [3.63, 3.8) is 0 Å². The van der Waals surface area contributed by atoms with E-state index in [1.54, 1.807) is 11.8 Å². The van der Waals surface area contributed by atoms with E-state index in [2.05, 4.69) is 15.1 Å². The first-order valence-corrected chi connectivity index (χ1v) is 9.94. The van der Waals surface area contributed by atoms with Gasteiger partial charge >= 0.3 is 0 Å². The molecule has 1 amide bonds. The minimum Gasteiger partial charge on any atom is -0.393 e. The molecule has 1 N–H and O–H groups in total. The monoisotopic (exact) mass is 409 g/mol. The Balaban J connectivity index is 1.52. The molecule has 0 radical (unpaired) electrons. The first-order chi connectivity index (χ1) is 14.5. The van der Waals surface area contributed by atoms with Crippen LogP contribution < -0.4 is 5.56 Å². The molecular weight excluding hydrogens is 386 g/mol. The van der Waals surface area contributed by atoms with Crippen LogP contribution in [0.2, 0.25) is 0 Å². The van der Waals surface area contributed by atoms with Crippen LogP contribution in [0.5, 0.6) is 0 Å². The molecule has 156 valence electrons. The number of benzene rings is 1. The minimum atomic E-state index is -0.338. The van der Waals surface area contributed by atoms with Gasteiger partial charge in [-0.15, -0.1) is 0 Å². The zero-order valence-corrected chi connectivity index (χ0v) is 16.7. The number of rotatable bonds is 5. The van der Waals surface area contributed by atoms with Crippen molar-refractivity contribution in [1.29, 1.82) is 0 Å². The molecule has 30 heavy (non-hydrogen) atoms. The van der Waals surface area contributed by atoms with E-state index in [9.17, 15) is 14.7 Å². The normalized spacial score (nSPS) is 14.8. The fourth-order valence-electron chi connectivity index (χ4n) is 3.50. The van der Waals surface area contributed by atoms with Gasteiger partial charge in [0.25, 0.3) is 11.4 Å². The molecule has 1 fully saturated rings. The molecule has 3 aromatic rings. The summed E-state index contributed by atoms with van der Waals surface area (Å²) in [5.74, 6) is 0.951. The average molecular weight is 409 g/mol. The Morgan fingerprint density at radius 1 is 1.23 bits per heavy atom. The fraction of sp³-hybridized carbons (Fsp3) is 0.381. The van der Waals surface area contributed by atoms with E-state index in [0.29, 0.717) is 37.6 Å². The Morgan fingerprint density at radius 3 is 2.70 bits per heavy atom. The Labute approximate surface area is 173 Å². The third-order valence-corrected chi connectivity index (χ3v) is 5.30. The highest BCUT2D eigenvalue weighted by Crippen LogP contribution is 2.19. The molecule has 9 heteroatoms. The van der Waals surface area contributed by atoms with E-state index in [-0.39, 0.29) is 42.0 Å². The molecule has 0 saturated carbocycles. The Kier molecular flexibility index (Phi) is 5.71. The highest BCUT2D eigenvalue weighted by molar-refractivity contribution is 5.76. The third-order valence-electron chi connectivity index (χ3n) is 5.30. The lowest BCUT2D eigenvalue weighted by molar-refractivity contribution is -0.133. The van der Waals surface area contributed by atoms with Crippen LogP contribution in [0.4, 0.5) is 0 Å². The molecule has 1 aromatic carbocycles. The van der Waals surface area contributed by atoms with Gasteiger partial charge in [-0.25, -0.2) is 4.98 Å². The van der Waals surface area contributed by atoms with E-state index in [1.807, 2.05) is 30.3 Å². The lowest BCUT2D eigenvalue weighted by Gasteiger charge is -2.29. The number of hydrogen-bond acceptors (Lipinski definition) is 7. The second-order valence-corrected chi connectivity index (χ2v) is 7.33. The standard InChI is InChI=1S/C21H23N5O4/c1-14-22-13-17(20-23-19(24-30-20)15-5-3-2-4-6-15)21(29)26(14)12-9-18(28)25-10-7-16(27)8-11-25/h2-6,13,16,27H,7-12H2,1H3. The second kappa shape index (κ2) is 8.58. The molecule has 0 bridgehead atoms. The van der Waals surface area contributed by atoms with Crippen LogP contribution in [0.3, 0.4) is 0 Å². The van der Waals surface area contributed by atoms with Gasteiger partial charge in [0, 0.05) is 37.8 Å². The summed E-state index contributed by atoms with van der Waals surface area (Å²) in [5, 5.41) is 13.5. The Bertz CT molecular complexity index is 1080. The van der Waals surface area contributed by atoms with Crippen LogP contribution in [0, 0.1) is 6.92 Å². The van der Waals surface area contributed by atoms with Crippen molar-refractivity contribution in [3.05, 3.63) is 52.7 Å². The maximum atomic E-state index is 13.0. The molecule has 0 unspecified atom stereocenters. The van der Waals surface area contributed by atoms with Crippen molar-refractivity contribution in [2.24, 2.45) is 0 Å². The quantitative estimate of drug-likeness (QED) is 0.681. The van der Waals surface area contributed by atoms with E-state index in [0.717, 1.165) is 5.56 Å². The van der Waals surface area contributed by atoms with Gasteiger partial charge in [0.1, 0.15) is 11.4 Å². The number of amides is 1. The van der Waals surface area contributed by atoms with Gasteiger partial charge in [-0.1, -0.05) is 35.5 Å². The lowest BCUT2D eigenvalue weighted by atomic mass is 10.1. The third kappa shape index (κ3) is 4.16. The number of nitrogens with zero attached hydrogens (tertiary/aromatic N) is 5. The van der Waals surface area contributed by atoms with Crippen molar-refractivity contribution in [2.45, 2.75) is 38.8 Å². The molecule has 9 nitrogen and oxygen atoms in total. The van der Waals surface area contributed by atoms with Crippen LogP contribution in [0.15, 0.2) is 45.8 Å². The largest absolute Gasteiger partial charge is 0.393 e. The molecule has 1 aliphatic heterocycles. The average Bonchev–Trinajstić information content (AvgIpc) is 3.24. The van der Waals surface area contributed by atoms with Gasteiger partial charge in [-0.3, -0.25) is 14.2 Å². The van der Waals surface area contributed by atoms with E-state index >= 15 is 0 Å². The number of aryl methyl sites for hydroxylation is 1. The van der Waals surface area contributed by atoms with Crippen molar-refractivity contribution >= 4 is 5.91 Å². The van der Waals surface area contributed by atoms with E-state index in [4.69, 9.17) is 4.52 Å². The predicted molar refractivity (Wildman–Crippen MR) is 108 cm³/mol. The summed E-state index contributed by atoms with van der Waals surface area (Å²) in [5.41, 5.74) is 0.654. The molecule has 0 aliphatic carbocycles. The van der Waals surface area contributed by atoms with E-state index < -0.39 is 0 Å². The zero-order valence-electron chi connectivity index (χ0n) is 16.7. The van der Waals surface area contributed by atoms with Crippen LogP contribution in [-0.4, -0.2) is 54.8 Å². The van der Waals surface area contributed by atoms with Crippen molar-refractivity contribution in [1.82, 2.24) is 24.6 Å². The van der Waals surface area contributed by atoms with Crippen molar-refractivity contribution < 1.29 is 14.4 Å². The first kappa shape index (κ1) is 20.0. The fourth-order valence-corrected chi connectivity index (χ4v) is 3.50. The second-order valence-electron chi connectivity index (χ2n) is 7.33. The van der Waals surface area contributed by atoms with Gasteiger partial charge in [-0.05, 0) is 19.8 Å².